The lowest BCUT2D eigenvalue weighted by Crippen LogP contribution is -2.20. The molecule has 0 radical (unpaired) electrons. The van der Waals surface area contributed by atoms with Crippen LogP contribution in [0.1, 0.15) is 12.0 Å². The number of nitrogens with zero attached hydrogens (tertiary/aromatic N) is 3. The van der Waals surface area contributed by atoms with E-state index in [2.05, 4.69) is 26.6 Å². The lowest BCUT2D eigenvalue weighted by Gasteiger charge is -2.27. The molecule has 0 aliphatic rings. The summed E-state index contributed by atoms with van der Waals surface area (Å²) in [6.07, 6.45) is 6.48. The summed E-state index contributed by atoms with van der Waals surface area (Å²) in [5.41, 5.74) is 9.63. The molecule has 0 aliphatic heterocycles. The van der Waals surface area contributed by atoms with E-state index in [0.717, 1.165) is 52.9 Å². The standard InChI is InChI=1S/C23H24N4O/c1-17-15-19(8-9-21(17)24)27(13-4-12-26-14-11-25-16-26)22-10-7-18-5-2-3-6-20(18)23(22)28/h2-3,5-11,14-16,28H,4,12-13,24H2,1H3. The number of fused-ring (bicyclic) bond motifs is 1. The molecule has 4 rings (SSSR count). The van der Waals surface area contributed by atoms with Crippen LogP contribution in [0.2, 0.25) is 0 Å². The molecule has 0 aliphatic carbocycles. The number of benzene rings is 3. The van der Waals surface area contributed by atoms with Crippen LogP contribution in [0.4, 0.5) is 17.1 Å². The van der Waals surface area contributed by atoms with Crippen molar-refractivity contribution in [3.05, 3.63) is 78.9 Å². The first kappa shape index (κ1) is 17.9. The van der Waals surface area contributed by atoms with E-state index in [0.29, 0.717) is 5.75 Å². The third-order valence-electron chi connectivity index (χ3n) is 5.09. The quantitative estimate of drug-likeness (QED) is 0.474. The van der Waals surface area contributed by atoms with Crippen LogP contribution in [0, 0.1) is 6.92 Å². The predicted molar refractivity (Wildman–Crippen MR) is 115 cm³/mol. The maximum Gasteiger partial charge on any atom is 0.147 e. The Bertz CT molecular complexity index is 1090. The van der Waals surface area contributed by atoms with Crippen LogP contribution >= 0.6 is 0 Å². The van der Waals surface area contributed by atoms with Gasteiger partial charge in [0.25, 0.3) is 0 Å². The summed E-state index contributed by atoms with van der Waals surface area (Å²) >= 11 is 0. The summed E-state index contributed by atoms with van der Waals surface area (Å²) in [6.45, 7) is 3.62. The second-order valence-electron chi connectivity index (χ2n) is 7.00. The fourth-order valence-corrected chi connectivity index (χ4v) is 3.51. The molecule has 28 heavy (non-hydrogen) atoms. The molecule has 5 heteroatoms. The van der Waals surface area contributed by atoms with Crippen LogP contribution in [0.25, 0.3) is 10.8 Å². The summed E-state index contributed by atoms with van der Waals surface area (Å²) in [5.74, 6) is 0.301. The van der Waals surface area contributed by atoms with Crippen LogP contribution in [-0.4, -0.2) is 21.2 Å². The van der Waals surface area contributed by atoms with Gasteiger partial charge in [0.1, 0.15) is 5.75 Å². The van der Waals surface area contributed by atoms with Crippen molar-refractivity contribution in [2.24, 2.45) is 0 Å². The molecule has 142 valence electrons. The molecule has 1 aromatic heterocycles. The van der Waals surface area contributed by atoms with Crippen molar-refractivity contribution in [2.45, 2.75) is 19.9 Å². The van der Waals surface area contributed by atoms with Crippen LogP contribution in [0.3, 0.4) is 0 Å². The maximum absolute atomic E-state index is 11.0. The Hall–Kier alpha value is -3.47. The Kier molecular flexibility index (Phi) is 4.89. The van der Waals surface area contributed by atoms with Crippen LogP contribution in [0.5, 0.6) is 5.75 Å². The van der Waals surface area contributed by atoms with Gasteiger partial charge in [-0.25, -0.2) is 4.98 Å². The zero-order valence-electron chi connectivity index (χ0n) is 15.9. The highest BCUT2D eigenvalue weighted by atomic mass is 16.3. The summed E-state index contributed by atoms with van der Waals surface area (Å²) in [4.78, 5) is 6.26. The number of phenols is 1. The third-order valence-corrected chi connectivity index (χ3v) is 5.09. The molecule has 0 fully saturated rings. The first-order valence-corrected chi connectivity index (χ1v) is 9.43. The van der Waals surface area contributed by atoms with E-state index in [-0.39, 0.29) is 0 Å². The average molecular weight is 372 g/mol. The van der Waals surface area contributed by atoms with Gasteiger partial charge in [0.2, 0.25) is 0 Å². The van der Waals surface area contributed by atoms with Gasteiger partial charge < -0.3 is 20.3 Å². The van der Waals surface area contributed by atoms with E-state index in [4.69, 9.17) is 5.73 Å². The molecule has 5 nitrogen and oxygen atoms in total. The van der Waals surface area contributed by atoms with Gasteiger partial charge in [-0.15, -0.1) is 0 Å². The molecular weight excluding hydrogens is 348 g/mol. The number of rotatable bonds is 6. The van der Waals surface area contributed by atoms with Crippen molar-refractivity contribution < 1.29 is 5.11 Å². The first-order chi connectivity index (χ1) is 13.6. The highest BCUT2D eigenvalue weighted by Gasteiger charge is 2.16. The summed E-state index contributed by atoms with van der Waals surface area (Å²) < 4.78 is 2.06. The van der Waals surface area contributed by atoms with Gasteiger partial charge in [0.15, 0.2) is 0 Å². The molecule has 3 N–H and O–H groups in total. The predicted octanol–water partition coefficient (Wildman–Crippen LogP) is 4.86. The van der Waals surface area contributed by atoms with Crippen LogP contribution in [0.15, 0.2) is 73.3 Å². The Morgan fingerprint density at radius 1 is 1.11 bits per heavy atom. The zero-order chi connectivity index (χ0) is 19.5. The largest absolute Gasteiger partial charge is 0.505 e. The van der Waals surface area contributed by atoms with Crippen molar-refractivity contribution in [1.82, 2.24) is 9.55 Å². The lowest BCUT2D eigenvalue weighted by atomic mass is 10.1. The monoisotopic (exact) mass is 372 g/mol. The molecule has 0 spiro atoms. The molecule has 4 aromatic rings. The number of hydrogen-bond donors (Lipinski definition) is 2. The maximum atomic E-state index is 11.0. The lowest BCUT2D eigenvalue weighted by molar-refractivity contribution is 0.481. The van der Waals surface area contributed by atoms with E-state index in [1.165, 1.54) is 0 Å². The number of nitrogen functional groups attached to an aromatic ring is 1. The summed E-state index contributed by atoms with van der Waals surface area (Å²) in [7, 11) is 0. The number of nitrogens with two attached hydrogens (primary N) is 1. The molecule has 0 unspecified atom stereocenters. The Labute approximate surface area is 164 Å². The van der Waals surface area contributed by atoms with Gasteiger partial charge in [0, 0.05) is 42.2 Å². The smallest absolute Gasteiger partial charge is 0.147 e. The van der Waals surface area contributed by atoms with Crippen LogP contribution < -0.4 is 10.6 Å². The number of aromatic hydroxyl groups is 1. The van der Waals surface area contributed by atoms with E-state index in [9.17, 15) is 5.11 Å². The Morgan fingerprint density at radius 2 is 1.96 bits per heavy atom. The number of imidazole rings is 1. The Morgan fingerprint density at radius 3 is 2.75 bits per heavy atom. The number of aryl methyl sites for hydroxylation is 2. The van der Waals surface area contributed by atoms with E-state index >= 15 is 0 Å². The second kappa shape index (κ2) is 7.64. The third kappa shape index (κ3) is 3.51. The first-order valence-electron chi connectivity index (χ1n) is 9.43. The van der Waals surface area contributed by atoms with Gasteiger partial charge in [-0.1, -0.05) is 30.3 Å². The molecule has 3 aromatic carbocycles. The number of phenolic OH excluding ortho intramolecular Hbond substituents is 1. The number of anilines is 3. The number of hydrogen-bond acceptors (Lipinski definition) is 4. The SMILES string of the molecule is Cc1cc(N(CCCn2ccnc2)c2ccc3ccccc3c2O)ccc1N. The van der Waals surface area contributed by atoms with Crippen molar-refractivity contribution in [1.29, 1.82) is 0 Å². The van der Waals surface area contributed by atoms with Gasteiger partial charge in [-0.05, 0) is 48.6 Å². The summed E-state index contributed by atoms with van der Waals surface area (Å²) in [6, 6.07) is 17.9. The average Bonchev–Trinajstić information content (AvgIpc) is 3.22. The zero-order valence-corrected chi connectivity index (χ0v) is 15.9. The van der Waals surface area contributed by atoms with Gasteiger partial charge in [-0.3, -0.25) is 0 Å². The van der Waals surface area contributed by atoms with Gasteiger partial charge in [0.05, 0.1) is 12.0 Å². The van der Waals surface area contributed by atoms with E-state index in [1.807, 2.05) is 61.9 Å². The van der Waals surface area contributed by atoms with Crippen molar-refractivity contribution >= 4 is 27.8 Å². The van der Waals surface area contributed by atoms with Gasteiger partial charge in [-0.2, -0.15) is 0 Å². The molecule has 0 atom stereocenters. The second-order valence-corrected chi connectivity index (χ2v) is 7.00. The minimum atomic E-state index is 0.301. The minimum absolute atomic E-state index is 0.301. The van der Waals surface area contributed by atoms with Crippen molar-refractivity contribution in [2.75, 3.05) is 17.2 Å². The normalized spacial score (nSPS) is 11.0. The highest BCUT2D eigenvalue weighted by molar-refractivity contribution is 5.94. The summed E-state index contributed by atoms with van der Waals surface area (Å²) in [5, 5.41) is 12.9. The highest BCUT2D eigenvalue weighted by Crippen LogP contribution is 2.39. The topological polar surface area (TPSA) is 67.3 Å². The Balaban J connectivity index is 1.71. The van der Waals surface area contributed by atoms with Crippen LogP contribution in [-0.2, 0) is 6.54 Å². The molecular formula is C23H24N4O. The van der Waals surface area contributed by atoms with Crippen molar-refractivity contribution in [3.8, 4) is 5.75 Å². The fraction of sp³-hybridized carbons (Fsp3) is 0.174. The molecule has 0 bridgehead atoms. The molecule has 0 saturated heterocycles. The molecule has 0 amide bonds. The number of aromatic nitrogens is 2. The van der Waals surface area contributed by atoms with Crippen molar-refractivity contribution in [3.63, 3.8) is 0 Å². The van der Waals surface area contributed by atoms with E-state index in [1.54, 1.807) is 6.20 Å². The fourth-order valence-electron chi connectivity index (χ4n) is 3.51. The minimum Gasteiger partial charge on any atom is -0.505 e. The van der Waals surface area contributed by atoms with Gasteiger partial charge >= 0.3 is 0 Å². The molecule has 0 saturated carbocycles. The molecule has 1 heterocycles. The van der Waals surface area contributed by atoms with E-state index < -0.39 is 0 Å².